The minimum absolute atomic E-state index is 0.757. The fourth-order valence-corrected chi connectivity index (χ4v) is 2.22. The first-order valence-electron chi connectivity index (χ1n) is 6.22. The number of nitrogens with one attached hydrogen (secondary N) is 1. The third-order valence-corrected chi connectivity index (χ3v) is 3.52. The third-order valence-electron chi connectivity index (χ3n) is 2.88. The van der Waals surface area contributed by atoms with Crippen LogP contribution in [0.25, 0.3) is 11.1 Å². The zero-order valence-electron chi connectivity index (χ0n) is 10.6. The molecule has 0 aliphatic rings. The molecule has 3 nitrogen and oxygen atoms in total. The van der Waals surface area contributed by atoms with Crippen molar-refractivity contribution in [1.29, 1.82) is 0 Å². The molecule has 0 saturated carbocycles. The minimum atomic E-state index is 0.757. The molecule has 20 heavy (non-hydrogen) atoms. The second-order valence-corrected chi connectivity index (χ2v) is 5.11. The fourth-order valence-electron chi connectivity index (χ4n) is 1.87. The molecule has 0 radical (unpaired) electrons. The van der Waals surface area contributed by atoms with E-state index in [-0.39, 0.29) is 0 Å². The van der Waals surface area contributed by atoms with E-state index in [1.54, 1.807) is 6.20 Å². The van der Waals surface area contributed by atoms with Gasteiger partial charge in [-0.25, -0.2) is 9.97 Å². The number of pyridine rings is 2. The average Bonchev–Trinajstić information content (AvgIpc) is 2.51. The average molecular weight is 326 g/mol. The van der Waals surface area contributed by atoms with Gasteiger partial charge in [0.2, 0.25) is 0 Å². The van der Waals surface area contributed by atoms with Gasteiger partial charge in [-0.2, -0.15) is 0 Å². The lowest BCUT2D eigenvalue weighted by Gasteiger charge is -2.07. The van der Waals surface area contributed by atoms with Gasteiger partial charge in [0.05, 0.1) is 4.47 Å². The molecule has 1 aromatic carbocycles. The van der Waals surface area contributed by atoms with Crippen molar-refractivity contribution in [3.05, 3.63) is 71.5 Å². The number of halogens is 1. The van der Waals surface area contributed by atoms with E-state index in [2.05, 4.69) is 43.3 Å². The van der Waals surface area contributed by atoms with Crippen molar-refractivity contribution in [3.63, 3.8) is 0 Å². The Bertz CT molecular complexity index is 696. The van der Waals surface area contributed by atoms with Crippen LogP contribution in [-0.4, -0.2) is 9.97 Å². The number of benzene rings is 1. The van der Waals surface area contributed by atoms with Crippen LogP contribution in [0.3, 0.4) is 0 Å². The molecule has 3 aromatic rings. The Balaban J connectivity index is 1.82. The van der Waals surface area contributed by atoms with Crippen molar-refractivity contribution in [3.8, 4) is 11.1 Å². The smallest absolute Gasteiger partial charge is 0.145 e. The van der Waals surface area contributed by atoms with Crippen LogP contribution in [0.1, 0.15) is 0 Å². The molecule has 0 aliphatic carbocycles. The number of aromatic nitrogens is 2. The largest absolute Gasteiger partial charge is 0.324 e. The normalized spacial score (nSPS) is 10.2. The summed E-state index contributed by atoms with van der Waals surface area (Å²) in [6, 6.07) is 18.0. The molecule has 2 aromatic heterocycles. The minimum Gasteiger partial charge on any atom is -0.324 e. The van der Waals surface area contributed by atoms with E-state index in [0.29, 0.717) is 0 Å². The van der Waals surface area contributed by atoms with Gasteiger partial charge in [0.15, 0.2) is 0 Å². The maximum absolute atomic E-state index is 4.42. The highest BCUT2D eigenvalue weighted by atomic mass is 79.9. The summed E-state index contributed by atoms with van der Waals surface area (Å²) in [5.41, 5.74) is 2.25. The van der Waals surface area contributed by atoms with Gasteiger partial charge >= 0.3 is 0 Å². The van der Waals surface area contributed by atoms with Crippen LogP contribution < -0.4 is 5.32 Å². The van der Waals surface area contributed by atoms with Gasteiger partial charge in [-0.05, 0) is 45.8 Å². The van der Waals surface area contributed by atoms with Crippen molar-refractivity contribution in [2.24, 2.45) is 0 Å². The molecular weight excluding hydrogens is 314 g/mol. The van der Waals surface area contributed by atoms with Gasteiger partial charge in [0, 0.05) is 18.0 Å². The van der Waals surface area contributed by atoms with E-state index >= 15 is 0 Å². The molecule has 0 spiro atoms. The second kappa shape index (κ2) is 5.84. The molecule has 0 fully saturated rings. The maximum atomic E-state index is 4.42. The third kappa shape index (κ3) is 2.86. The summed E-state index contributed by atoms with van der Waals surface area (Å²) < 4.78 is 0.911. The van der Waals surface area contributed by atoms with Crippen LogP contribution in [0.4, 0.5) is 11.6 Å². The number of hydrogen-bond donors (Lipinski definition) is 1. The van der Waals surface area contributed by atoms with Gasteiger partial charge in [-0.15, -0.1) is 0 Å². The van der Waals surface area contributed by atoms with Gasteiger partial charge in [-0.3, -0.25) is 0 Å². The number of anilines is 2. The summed E-state index contributed by atoms with van der Waals surface area (Å²) in [5.74, 6) is 1.52. The van der Waals surface area contributed by atoms with Crippen LogP contribution in [0, 0.1) is 0 Å². The number of rotatable bonds is 3. The van der Waals surface area contributed by atoms with E-state index in [1.807, 2.05) is 48.7 Å². The number of hydrogen-bond acceptors (Lipinski definition) is 3. The second-order valence-electron chi connectivity index (χ2n) is 4.26. The predicted molar refractivity (Wildman–Crippen MR) is 84.9 cm³/mol. The molecule has 2 heterocycles. The monoisotopic (exact) mass is 325 g/mol. The molecular formula is C16H12BrN3. The standard InChI is InChI=1S/C16H12BrN3/c17-14-7-4-10-18-16(14)20-15-9-8-13(11-19-15)12-5-2-1-3-6-12/h1-11H,(H,18,19,20). The SMILES string of the molecule is Brc1cccnc1Nc1ccc(-c2ccccc2)cn1. The summed E-state index contributed by atoms with van der Waals surface area (Å²) in [5, 5.41) is 3.18. The quantitative estimate of drug-likeness (QED) is 0.761. The van der Waals surface area contributed by atoms with Gasteiger partial charge in [-0.1, -0.05) is 30.3 Å². The lowest BCUT2D eigenvalue weighted by Crippen LogP contribution is -1.96. The van der Waals surface area contributed by atoms with Crippen molar-refractivity contribution < 1.29 is 0 Å². The van der Waals surface area contributed by atoms with E-state index in [4.69, 9.17) is 0 Å². The highest BCUT2D eigenvalue weighted by Gasteiger charge is 2.02. The lowest BCUT2D eigenvalue weighted by molar-refractivity contribution is 1.24. The molecule has 4 heteroatoms. The maximum Gasteiger partial charge on any atom is 0.145 e. The van der Waals surface area contributed by atoms with Gasteiger partial charge in [0.1, 0.15) is 11.6 Å². The van der Waals surface area contributed by atoms with Crippen LogP contribution >= 0.6 is 15.9 Å². The Hall–Kier alpha value is -2.20. The van der Waals surface area contributed by atoms with Crippen molar-refractivity contribution in [1.82, 2.24) is 9.97 Å². The fraction of sp³-hybridized carbons (Fsp3) is 0. The Morgan fingerprint density at radius 2 is 1.65 bits per heavy atom. The Morgan fingerprint density at radius 1 is 0.800 bits per heavy atom. The van der Waals surface area contributed by atoms with E-state index in [9.17, 15) is 0 Å². The topological polar surface area (TPSA) is 37.8 Å². The van der Waals surface area contributed by atoms with Gasteiger partial charge < -0.3 is 5.32 Å². The molecule has 1 N–H and O–H groups in total. The van der Waals surface area contributed by atoms with Crippen LogP contribution in [-0.2, 0) is 0 Å². The molecule has 0 aliphatic heterocycles. The molecule has 0 saturated heterocycles. The van der Waals surface area contributed by atoms with Crippen molar-refractivity contribution in [2.45, 2.75) is 0 Å². The van der Waals surface area contributed by atoms with E-state index < -0.39 is 0 Å². The summed E-state index contributed by atoms with van der Waals surface area (Å²) >= 11 is 3.45. The van der Waals surface area contributed by atoms with Gasteiger partial charge in [0.25, 0.3) is 0 Å². The van der Waals surface area contributed by atoms with Crippen molar-refractivity contribution >= 4 is 27.6 Å². The molecule has 0 atom stereocenters. The molecule has 98 valence electrons. The Labute approximate surface area is 125 Å². The Kier molecular flexibility index (Phi) is 3.74. The zero-order valence-corrected chi connectivity index (χ0v) is 12.2. The number of nitrogens with zero attached hydrogens (tertiary/aromatic N) is 2. The molecule has 3 rings (SSSR count). The summed E-state index contributed by atoms with van der Waals surface area (Å²) in [7, 11) is 0. The van der Waals surface area contributed by atoms with Crippen LogP contribution in [0.15, 0.2) is 71.5 Å². The molecule has 0 amide bonds. The first-order valence-corrected chi connectivity index (χ1v) is 7.01. The molecule has 0 bridgehead atoms. The summed E-state index contributed by atoms with van der Waals surface area (Å²) in [6.45, 7) is 0. The van der Waals surface area contributed by atoms with Crippen molar-refractivity contribution in [2.75, 3.05) is 5.32 Å². The highest BCUT2D eigenvalue weighted by Crippen LogP contribution is 2.23. The first kappa shape index (κ1) is 12.8. The zero-order chi connectivity index (χ0) is 13.8. The summed E-state index contributed by atoms with van der Waals surface area (Å²) in [4.78, 5) is 8.68. The van der Waals surface area contributed by atoms with Crippen LogP contribution in [0.2, 0.25) is 0 Å². The van der Waals surface area contributed by atoms with E-state index in [1.165, 1.54) is 0 Å². The lowest BCUT2D eigenvalue weighted by atomic mass is 10.1. The summed E-state index contributed by atoms with van der Waals surface area (Å²) in [6.07, 6.45) is 3.60. The van der Waals surface area contributed by atoms with Crippen LogP contribution in [0.5, 0.6) is 0 Å². The Morgan fingerprint density at radius 3 is 2.35 bits per heavy atom. The van der Waals surface area contributed by atoms with E-state index in [0.717, 1.165) is 27.2 Å². The molecule has 0 unspecified atom stereocenters. The first-order chi connectivity index (χ1) is 9.83. The predicted octanol–water partition coefficient (Wildman–Crippen LogP) is 4.65. The highest BCUT2D eigenvalue weighted by molar-refractivity contribution is 9.10.